The highest BCUT2D eigenvalue weighted by Gasteiger charge is 2.48. The van der Waals surface area contributed by atoms with Crippen LogP contribution in [-0.4, -0.2) is 60.8 Å². The Bertz CT molecular complexity index is 777. The Hall–Kier alpha value is -1.68. The third kappa shape index (κ3) is 2.84. The van der Waals surface area contributed by atoms with E-state index < -0.39 is 0 Å². The van der Waals surface area contributed by atoms with Gasteiger partial charge in [0.15, 0.2) is 0 Å². The molecule has 1 unspecified atom stereocenters. The second-order valence-corrected chi connectivity index (χ2v) is 8.81. The highest BCUT2D eigenvalue weighted by Crippen LogP contribution is 2.57. The van der Waals surface area contributed by atoms with E-state index in [-0.39, 0.29) is 11.5 Å². The number of aliphatic hydroxyl groups is 1. The number of piperazine rings is 1. The fourth-order valence-corrected chi connectivity index (χ4v) is 5.87. The smallest absolute Gasteiger partial charge is 0.0678 e. The normalized spacial score (nSPS) is 28.6. The van der Waals surface area contributed by atoms with Crippen molar-refractivity contribution in [1.29, 1.82) is 0 Å². The van der Waals surface area contributed by atoms with Crippen LogP contribution in [0.25, 0.3) is 0 Å². The first kappa shape index (κ1) is 17.4. The summed E-state index contributed by atoms with van der Waals surface area (Å²) in [6, 6.07) is 18.0. The van der Waals surface area contributed by atoms with E-state index in [1.54, 1.807) is 0 Å². The second kappa shape index (κ2) is 6.73. The second-order valence-electron chi connectivity index (χ2n) is 8.81. The first-order chi connectivity index (χ1) is 13.2. The van der Waals surface area contributed by atoms with Crippen molar-refractivity contribution in [1.82, 2.24) is 9.80 Å². The van der Waals surface area contributed by atoms with E-state index in [1.165, 1.54) is 28.7 Å². The molecule has 1 heterocycles. The van der Waals surface area contributed by atoms with Gasteiger partial charge in [0.25, 0.3) is 0 Å². The average molecular weight is 363 g/mol. The van der Waals surface area contributed by atoms with Gasteiger partial charge < -0.3 is 10.0 Å². The van der Waals surface area contributed by atoms with Crippen LogP contribution in [0.2, 0.25) is 0 Å². The highest BCUT2D eigenvalue weighted by atomic mass is 16.3. The number of nitrogens with zero attached hydrogens (tertiary/aromatic N) is 2. The number of aliphatic hydroxyl groups excluding tert-OH is 1. The molecular formula is C24H30N2O. The van der Waals surface area contributed by atoms with Crippen LogP contribution >= 0.6 is 0 Å². The van der Waals surface area contributed by atoms with Crippen LogP contribution in [-0.2, 0) is 5.41 Å². The lowest BCUT2D eigenvalue weighted by molar-refractivity contribution is 0.0613. The maximum absolute atomic E-state index is 11.1. The van der Waals surface area contributed by atoms with Gasteiger partial charge in [-0.1, -0.05) is 48.5 Å². The summed E-state index contributed by atoms with van der Waals surface area (Å²) in [5.41, 5.74) is 5.91. The van der Waals surface area contributed by atoms with Crippen molar-refractivity contribution in [3.8, 4) is 0 Å². The number of likely N-dealkylation sites (N-methyl/N-ethyl adjacent to an activating group) is 1. The molecule has 0 amide bonds. The van der Waals surface area contributed by atoms with Crippen molar-refractivity contribution in [2.75, 3.05) is 39.8 Å². The molecule has 3 nitrogen and oxygen atoms in total. The molecule has 1 aliphatic heterocycles. The van der Waals surface area contributed by atoms with Crippen molar-refractivity contribution in [2.24, 2.45) is 0 Å². The Balaban J connectivity index is 1.46. The van der Waals surface area contributed by atoms with Gasteiger partial charge in [0.2, 0.25) is 0 Å². The molecule has 1 saturated heterocycles. The molecule has 6 rings (SSSR count). The lowest BCUT2D eigenvalue weighted by Gasteiger charge is -2.50. The monoisotopic (exact) mass is 362 g/mol. The molecule has 0 aromatic heterocycles. The molecule has 4 aliphatic rings. The van der Waals surface area contributed by atoms with Crippen molar-refractivity contribution in [2.45, 2.75) is 36.7 Å². The summed E-state index contributed by atoms with van der Waals surface area (Å²) < 4.78 is 0. The maximum Gasteiger partial charge on any atom is 0.0678 e. The van der Waals surface area contributed by atoms with E-state index in [9.17, 15) is 5.11 Å². The zero-order valence-corrected chi connectivity index (χ0v) is 16.3. The van der Waals surface area contributed by atoms with E-state index in [0.717, 1.165) is 45.6 Å². The van der Waals surface area contributed by atoms with Crippen LogP contribution in [0.3, 0.4) is 0 Å². The van der Waals surface area contributed by atoms with Crippen LogP contribution in [0.15, 0.2) is 48.5 Å². The molecule has 2 bridgehead atoms. The van der Waals surface area contributed by atoms with Gasteiger partial charge in [-0.3, -0.25) is 4.90 Å². The standard InChI is InChI=1S/C24H30N2O/c1-25-12-14-26(15-13-25)17-18(27)16-24-11-10-19(20-6-2-4-8-22(20)24)21-7-3-5-9-23(21)24/h2-9,18-19,27H,10-17H2,1H3. The molecule has 0 saturated carbocycles. The van der Waals surface area contributed by atoms with Crippen LogP contribution in [0.5, 0.6) is 0 Å². The van der Waals surface area contributed by atoms with Crippen molar-refractivity contribution in [3.63, 3.8) is 0 Å². The van der Waals surface area contributed by atoms with E-state index in [0.29, 0.717) is 5.92 Å². The number of hydrogen-bond donors (Lipinski definition) is 1. The maximum atomic E-state index is 11.1. The molecule has 1 fully saturated rings. The number of β-amino-alcohol motifs (C(OH)–C–C–N with tert-alkyl or cyclic N) is 1. The molecule has 3 aliphatic carbocycles. The summed E-state index contributed by atoms with van der Waals surface area (Å²) in [6.45, 7) is 5.13. The van der Waals surface area contributed by atoms with Gasteiger partial charge in [0.1, 0.15) is 0 Å². The molecule has 2 aromatic carbocycles. The molecule has 3 heteroatoms. The Morgan fingerprint density at radius 3 is 2.19 bits per heavy atom. The molecule has 27 heavy (non-hydrogen) atoms. The summed E-state index contributed by atoms with van der Waals surface area (Å²) in [6.07, 6.45) is 2.91. The Labute approximate surface area is 162 Å². The first-order valence-electron chi connectivity index (χ1n) is 10.5. The zero-order chi connectivity index (χ0) is 18.4. The number of hydrogen-bond acceptors (Lipinski definition) is 3. The summed E-state index contributed by atoms with van der Waals surface area (Å²) >= 11 is 0. The van der Waals surface area contributed by atoms with Gasteiger partial charge >= 0.3 is 0 Å². The van der Waals surface area contributed by atoms with Crippen molar-refractivity contribution >= 4 is 0 Å². The largest absolute Gasteiger partial charge is 0.392 e. The minimum Gasteiger partial charge on any atom is -0.392 e. The minimum atomic E-state index is -0.288. The predicted octanol–water partition coefficient (Wildman–Crippen LogP) is 3.21. The quantitative estimate of drug-likeness (QED) is 0.905. The van der Waals surface area contributed by atoms with Gasteiger partial charge in [-0.2, -0.15) is 0 Å². The van der Waals surface area contributed by atoms with E-state index in [2.05, 4.69) is 65.4 Å². The lowest BCUT2D eigenvalue weighted by Crippen LogP contribution is -2.49. The topological polar surface area (TPSA) is 26.7 Å². The van der Waals surface area contributed by atoms with E-state index in [4.69, 9.17) is 0 Å². The molecule has 0 radical (unpaired) electrons. The molecule has 142 valence electrons. The van der Waals surface area contributed by atoms with Crippen LogP contribution in [0.1, 0.15) is 47.4 Å². The number of benzene rings is 2. The zero-order valence-electron chi connectivity index (χ0n) is 16.3. The molecule has 1 N–H and O–H groups in total. The first-order valence-corrected chi connectivity index (χ1v) is 10.5. The van der Waals surface area contributed by atoms with E-state index >= 15 is 0 Å². The Kier molecular flexibility index (Phi) is 4.34. The number of fused-ring (bicyclic) bond motifs is 1. The Morgan fingerprint density at radius 2 is 1.56 bits per heavy atom. The predicted molar refractivity (Wildman–Crippen MR) is 109 cm³/mol. The molecule has 1 atom stereocenters. The van der Waals surface area contributed by atoms with Crippen LogP contribution < -0.4 is 0 Å². The van der Waals surface area contributed by atoms with Crippen LogP contribution in [0.4, 0.5) is 0 Å². The van der Waals surface area contributed by atoms with Crippen molar-refractivity contribution in [3.05, 3.63) is 70.8 Å². The van der Waals surface area contributed by atoms with Gasteiger partial charge in [0, 0.05) is 44.1 Å². The SMILES string of the molecule is CN1CCN(CC(O)CC23CCC(c4ccccc42)c2ccccc23)CC1. The van der Waals surface area contributed by atoms with Gasteiger partial charge in [0.05, 0.1) is 6.10 Å². The summed E-state index contributed by atoms with van der Waals surface area (Å²) in [4.78, 5) is 4.81. The minimum absolute atomic E-state index is 0.0199. The van der Waals surface area contributed by atoms with E-state index in [1.807, 2.05) is 0 Å². The molecule has 2 aromatic rings. The van der Waals surface area contributed by atoms with Crippen molar-refractivity contribution < 1.29 is 5.11 Å². The summed E-state index contributed by atoms with van der Waals surface area (Å²) in [5.74, 6) is 0.536. The van der Waals surface area contributed by atoms with Gasteiger partial charge in [-0.25, -0.2) is 0 Å². The van der Waals surface area contributed by atoms with Gasteiger partial charge in [-0.05, 0) is 48.6 Å². The fraction of sp³-hybridized carbons (Fsp3) is 0.500. The third-order valence-electron chi connectivity index (χ3n) is 7.21. The lowest BCUT2D eigenvalue weighted by atomic mass is 9.53. The molecular weight excluding hydrogens is 332 g/mol. The Morgan fingerprint density at radius 1 is 0.963 bits per heavy atom. The summed E-state index contributed by atoms with van der Waals surface area (Å²) in [7, 11) is 2.18. The number of rotatable bonds is 4. The fourth-order valence-electron chi connectivity index (χ4n) is 5.87. The highest BCUT2D eigenvalue weighted by molar-refractivity contribution is 5.59. The van der Waals surface area contributed by atoms with Crippen LogP contribution in [0, 0.1) is 0 Å². The average Bonchev–Trinajstić information content (AvgIpc) is 2.70. The third-order valence-corrected chi connectivity index (χ3v) is 7.21. The summed E-state index contributed by atoms with van der Waals surface area (Å²) in [5, 5.41) is 11.1. The van der Waals surface area contributed by atoms with Gasteiger partial charge in [-0.15, -0.1) is 0 Å². The molecule has 0 spiro atoms.